The summed E-state index contributed by atoms with van der Waals surface area (Å²) in [6.07, 6.45) is 7.62. The molecule has 0 aliphatic carbocycles. The number of furan rings is 1. The van der Waals surface area contributed by atoms with Gasteiger partial charge in [-0.05, 0) is 36.9 Å². The Kier molecular flexibility index (Phi) is 2.28. The molecule has 4 heteroatoms. The maximum absolute atomic E-state index is 6.15. The van der Waals surface area contributed by atoms with Crippen LogP contribution in [0.1, 0.15) is 11.3 Å². The van der Waals surface area contributed by atoms with Crippen LogP contribution >= 0.6 is 0 Å². The van der Waals surface area contributed by atoms with Gasteiger partial charge in [0.05, 0.1) is 6.26 Å². The van der Waals surface area contributed by atoms with Gasteiger partial charge in [-0.15, -0.1) is 0 Å². The highest BCUT2D eigenvalue weighted by Crippen LogP contribution is 2.19. The van der Waals surface area contributed by atoms with Crippen LogP contribution in [0.2, 0.25) is 0 Å². The molecule has 2 heterocycles. The van der Waals surface area contributed by atoms with E-state index in [-0.39, 0.29) is 0 Å². The molecule has 80 valence electrons. The average Bonchev–Trinajstić information content (AvgIpc) is 2.58. The molecule has 0 radical (unpaired) electrons. The van der Waals surface area contributed by atoms with Gasteiger partial charge in [-0.25, -0.2) is 0 Å². The number of nitrogens with two attached hydrogens (primary N) is 2. The first-order valence-electron chi connectivity index (χ1n) is 4.84. The summed E-state index contributed by atoms with van der Waals surface area (Å²) < 4.78 is 5.35. The van der Waals surface area contributed by atoms with Crippen molar-refractivity contribution in [2.45, 2.75) is 19.0 Å². The molecule has 1 aliphatic rings. The fourth-order valence-corrected chi connectivity index (χ4v) is 1.57. The van der Waals surface area contributed by atoms with Crippen molar-refractivity contribution in [3.8, 4) is 0 Å². The molecule has 0 fully saturated rings. The molecule has 1 unspecified atom stereocenters. The van der Waals surface area contributed by atoms with Gasteiger partial charge in [0.2, 0.25) is 0 Å². The molecule has 5 N–H and O–H groups in total. The van der Waals surface area contributed by atoms with E-state index in [1.807, 2.05) is 19.1 Å². The second-order valence-corrected chi connectivity index (χ2v) is 3.80. The van der Waals surface area contributed by atoms with Crippen LogP contribution in [0.25, 0.3) is 0 Å². The predicted octanol–water partition coefficient (Wildman–Crippen LogP) is 0.745. The monoisotopic (exact) mass is 205 g/mol. The van der Waals surface area contributed by atoms with Crippen molar-refractivity contribution in [2.24, 2.45) is 11.5 Å². The molecule has 0 aromatic carbocycles. The molecule has 4 nitrogen and oxygen atoms in total. The number of hydrogen-bond donors (Lipinski definition) is 3. The summed E-state index contributed by atoms with van der Waals surface area (Å²) in [5.74, 6) is 0.858. The van der Waals surface area contributed by atoms with E-state index < -0.39 is 5.66 Å². The second-order valence-electron chi connectivity index (χ2n) is 3.80. The molecule has 15 heavy (non-hydrogen) atoms. The lowest BCUT2D eigenvalue weighted by Crippen LogP contribution is -2.57. The molecule has 2 rings (SSSR count). The number of nitrogens with one attached hydrogen (secondary N) is 1. The van der Waals surface area contributed by atoms with Crippen molar-refractivity contribution in [3.63, 3.8) is 0 Å². The lowest BCUT2D eigenvalue weighted by molar-refractivity contribution is 0.384. The standard InChI is InChI=1S/C11H15N3O/c1-8-4-6-15-9(8)7-11(13)10(12)3-2-5-14-11/h2-6,14H,7,12-13H2,1H3. The van der Waals surface area contributed by atoms with Crippen LogP contribution in [0.4, 0.5) is 0 Å². The Morgan fingerprint density at radius 3 is 2.93 bits per heavy atom. The molecule has 1 atom stereocenters. The van der Waals surface area contributed by atoms with Gasteiger partial charge >= 0.3 is 0 Å². The third kappa shape index (κ3) is 1.76. The van der Waals surface area contributed by atoms with Crippen molar-refractivity contribution in [3.05, 3.63) is 47.7 Å². The highest BCUT2D eigenvalue weighted by Gasteiger charge is 2.30. The minimum absolute atomic E-state index is 0.540. The Morgan fingerprint density at radius 2 is 2.33 bits per heavy atom. The quantitative estimate of drug-likeness (QED) is 0.665. The number of dihydropyridines is 1. The summed E-state index contributed by atoms with van der Waals surface area (Å²) in [5, 5.41) is 3.05. The third-order valence-electron chi connectivity index (χ3n) is 2.64. The topological polar surface area (TPSA) is 77.2 Å². The lowest BCUT2D eigenvalue weighted by Gasteiger charge is -2.31. The van der Waals surface area contributed by atoms with Crippen LogP contribution < -0.4 is 16.8 Å². The van der Waals surface area contributed by atoms with E-state index in [1.54, 1.807) is 18.5 Å². The van der Waals surface area contributed by atoms with E-state index in [1.165, 1.54) is 0 Å². The summed E-state index contributed by atoms with van der Waals surface area (Å²) in [5.41, 5.74) is 13.0. The van der Waals surface area contributed by atoms with E-state index >= 15 is 0 Å². The summed E-state index contributed by atoms with van der Waals surface area (Å²) in [7, 11) is 0. The molecule has 1 aromatic rings. The number of rotatable bonds is 2. The van der Waals surface area contributed by atoms with Crippen molar-refractivity contribution < 1.29 is 4.42 Å². The zero-order valence-corrected chi connectivity index (χ0v) is 8.66. The van der Waals surface area contributed by atoms with Crippen molar-refractivity contribution in [2.75, 3.05) is 0 Å². The van der Waals surface area contributed by atoms with Crippen molar-refractivity contribution in [1.29, 1.82) is 0 Å². The molecular formula is C11H15N3O. The zero-order chi connectivity index (χ0) is 10.9. The second kappa shape index (κ2) is 3.47. The fraction of sp³-hybridized carbons (Fsp3) is 0.273. The minimum atomic E-state index is -0.739. The first-order chi connectivity index (χ1) is 7.12. The SMILES string of the molecule is Cc1ccoc1CC1(N)NC=CC=C1N. The zero-order valence-electron chi connectivity index (χ0n) is 8.66. The first-order valence-corrected chi connectivity index (χ1v) is 4.84. The van der Waals surface area contributed by atoms with Gasteiger partial charge in [-0.1, -0.05) is 0 Å². The van der Waals surface area contributed by atoms with Crippen LogP contribution in [0.15, 0.2) is 40.8 Å². The number of allylic oxidation sites excluding steroid dienone is 2. The Bertz CT molecular complexity index is 419. The van der Waals surface area contributed by atoms with Crippen molar-refractivity contribution >= 4 is 0 Å². The summed E-state index contributed by atoms with van der Waals surface area (Å²) in [4.78, 5) is 0. The van der Waals surface area contributed by atoms with E-state index in [9.17, 15) is 0 Å². The van der Waals surface area contributed by atoms with E-state index in [4.69, 9.17) is 15.9 Å². The van der Waals surface area contributed by atoms with Gasteiger partial charge in [0, 0.05) is 12.1 Å². The maximum atomic E-state index is 6.15. The van der Waals surface area contributed by atoms with E-state index in [2.05, 4.69) is 5.32 Å². The van der Waals surface area contributed by atoms with Gasteiger partial charge in [0.1, 0.15) is 11.4 Å². The normalized spacial score (nSPS) is 24.8. The van der Waals surface area contributed by atoms with Crippen molar-refractivity contribution in [1.82, 2.24) is 5.32 Å². The van der Waals surface area contributed by atoms with Crippen LogP contribution in [-0.4, -0.2) is 5.66 Å². The highest BCUT2D eigenvalue weighted by molar-refractivity contribution is 5.29. The average molecular weight is 205 g/mol. The molecule has 0 bridgehead atoms. The summed E-state index contributed by atoms with van der Waals surface area (Å²) in [6.45, 7) is 1.99. The number of hydrogen-bond acceptors (Lipinski definition) is 4. The smallest absolute Gasteiger partial charge is 0.133 e. The molecule has 0 saturated heterocycles. The first kappa shape index (κ1) is 9.86. The predicted molar refractivity (Wildman–Crippen MR) is 58.6 cm³/mol. The summed E-state index contributed by atoms with van der Waals surface area (Å²) in [6, 6.07) is 1.91. The van der Waals surface area contributed by atoms with Crippen LogP contribution in [0.5, 0.6) is 0 Å². The molecule has 1 aliphatic heterocycles. The van der Waals surface area contributed by atoms with E-state index in [0.29, 0.717) is 12.1 Å². The van der Waals surface area contributed by atoms with Gasteiger partial charge < -0.3 is 21.2 Å². The molecule has 0 saturated carbocycles. The Balaban J connectivity index is 2.22. The summed E-state index contributed by atoms with van der Waals surface area (Å²) >= 11 is 0. The molecule has 0 amide bonds. The van der Waals surface area contributed by atoms with Gasteiger partial charge in [0.15, 0.2) is 0 Å². The van der Waals surface area contributed by atoms with Gasteiger partial charge in [-0.3, -0.25) is 0 Å². The number of aryl methyl sites for hydroxylation is 1. The Morgan fingerprint density at radius 1 is 1.53 bits per heavy atom. The van der Waals surface area contributed by atoms with Crippen LogP contribution in [0, 0.1) is 6.92 Å². The fourth-order valence-electron chi connectivity index (χ4n) is 1.57. The molecule has 0 spiro atoms. The van der Waals surface area contributed by atoms with E-state index in [0.717, 1.165) is 11.3 Å². The van der Waals surface area contributed by atoms with Gasteiger partial charge in [-0.2, -0.15) is 0 Å². The highest BCUT2D eigenvalue weighted by atomic mass is 16.3. The van der Waals surface area contributed by atoms with Crippen LogP contribution in [0.3, 0.4) is 0 Å². The molecular weight excluding hydrogens is 190 g/mol. The van der Waals surface area contributed by atoms with Gasteiger partial charge in [0.25, 0.3) is 0 Å². The third-order valence-corrected chi connectivity index (χ3v) is 2.64. The van der Waals surface area contributed by atoms with Crippen LogP contribution in [-0.2, 0) is 6.42 Å². The Hall–Kier alpha value is -1.68. The lowest BCUT2D eigenvalue weighted by atomic mass is 9.98. The largest absolute Gasteiger partial charge is 0.469 e. The maximum Gasteiger partial charge on any atom is 0.133 e. The molecule has 1 aromatic heterocycles. The minimum Gasteiger partial charge on any atom is -0.469 e. The Labute approximate surface area is 88.6 Å².